The van der Waals surface area contributed by atoms with Crippen molar-refractivity contribution in [2.45, 2.75) is 19.9 Å². The van der Waals surface area contributed by atoms with Crippen molar-refractivity contribution in [1.82, 2.24) is 5.32 Å². The van der Waals surface area contributed by atoms with Crippen LogP contribution in [0.1, 0.15) is 12.5 Å². The van der Waals surface area contributed by atoms with Gasteiger partial charge in [0, 0.05) is 25.3 Å². The largest absolute Gasteiger partial charge is 0.370 e. The Bertz CT molecular complexity index is 335. The molecule has 2 nitrogen and oxygen atoms in total. The second-order valence-corrected chi connectivity index (χ2v) is 4.65. The average molecular weight is 204 g/mol. The van der Waals surface area contributed by atoms with Crippen LogP contribution in [0.25, 0.3) is 0 Å². The molecule has 2 atom stereocenters. The van der Waals surface area contributed by atoms with Gasteiger partial charge in [0.05, 0.1) is 0 Å². The minimum absolute atomic E-state index is 0.631. The third-order valence-electron chi connectivity index (χ3n) is 3.38. The summed E-state index contributed by atoms with van der Waals surface area (Å²) in [5, 5.41) is 3.45. The highest BCUT2D eigenvalue weighted by Gasteiger charge is 2.26. The molecule has 1 heterocycles. The first-order chi connectivity index (χ1) is 7.18. The summed E-state index contributed by atoms with van der Waals surface area (Å²) in [5.41, 5.74) is 2.66. The van der Waals surface area contributed by atoms with E-state index in [-0.39, 0.29) is 0 Å². The molecule has 1 aliphatic heterocycles. The molecule has 15 heavy (non-hydrogen) atoms. The van der Waals surface area contributed by atoms with Gasteiger partial charge in [-0.1, -0.05) is 19.1 Å². The zero-order valence-corrected chi connectivity index (χ0v) is 9.83. The van der Waals surface area contributed by atoms with E-state index < -0.39 is 0 Å². The minimum atomic E-state index is 0.631. The van der Waals surface area contributed by atoms with Crippen LogP contribution in [0.5, 0.6) is 0 Å². The van der Waals surface area contributed by atoms with Gasteiger partial charge in [0.1, 0.15) is 0 Å². The number of likely N-dealkylation sites (N-methyl/N-ethyl adjacent to an activating group) is 1. The predicted molar refractivity (Wildman–Crippen MR) is 65.4 cm³/mol. The Morgan fingerprint density at radius 2 is 2.13 bits per heavy atom. The molecule has 0 radical (unpaired) electrons. The zero-order chi connectivity index (χ0) is 10.8. The molecule has 2 heteroatoms. The van der Waals surface area contributed by atoms with Gasteiger partial charge in [-0.25, -0.2) is 0 Å². The van der Waals surface area contributed by atoms with Crippen LogP contribution in [0.15, 0.2) is 24.3 Å². The molecular formula is C13H20N2. The fourth-order valence-electron chi connectivity index (χ4n) is 2.35. The number of hydrogen-bond acceptors (Lipinski definition) is 2. The van der Waals surface area contributed by atoms with E-state index in [1.54, 1.807) is 0 Å². The predicted octanol–water partition coefficient (Wildman–Crippen LogP) is 2.04. The molecule has 1 aromatic rings. The van der Waals surface area contributed by atoms with Crippen molar-refractivity contribution in [2.24, 2.45) is 5.92 Å². The van der Waals surface area contributed by atoms with Crippen LogP contribution in [0.4, 0.5) is 5.69 Å². The summed E-state index contributed by atoms with van der Waals surface area (Å²) >= 11 is 0. The van der Waals surface area contributed by atoms with Gasteiger partial charge in [-0.15, -0.1) is 0 Å². The van der Waals surface area contributed by atoms with E-state index in [0.29, 0.717) is 6.04 Å². The normalized spacial score (nSPS) is 25.5. The van der Waals surface area contributed by atoms with Crippen LogP contribution < -0.4 is 10.2 Å². The maximum Gasteiger partial charge on any atom is 0.0448 e. The van der Waals surface area contributed by atoms with E-state index in [4.69, 9.17) is 0 Å². The van der Waals surface area contributed by atoms with Crippen molar-refractivity contribution >= 4 is 5.69 Å². The molecule has 0 saturated carbocycles. The monoisotopic (exact) mass is 204 g/mol. The van der Waals surface area contributed by atoms with Crippen molar-refractivity contribution < 1.29 is 0 Å². The quantitative estimate of drug-likeness (QED) is 0.793. The molecule has 0 aromatic heterocycles. The first-order valence-electron chi connectivity index (χ1n) is 5.68. The molecule has 1 saturated heterocycles. The zero-order valence-electron chi connectivity index (χ0n) is 9.83. The standard InChI is InChI=1S/C13H20N2/c1-10-5-4-6-12(7-10)15(3)13-9-14-8-11(13)2/h4-7,11,13-14H,8-9H2,1-3H3. The maximum atomic E-state index is 3.45. The van der Waals surface area contributed by atoms with Gasteiger partial charge in [-0.05, 0) is 37.1 Å². The fraction of sp³-hybridized carbons (Fsp3) is 0.538. The summed E-state index contributed by atoms with van der Waals surface area (Å²) in [6, 6.07) is 9.36. The van der Waals surface area contributed by atoms with E-state index >= 15 is 0 Å². The Labute approximate surface area is 92.3 Å². The van der Waals surface area contributed by atoms with Gasteiger partial charge in [-0.2, -0.15) is 0 Å². The highest BCUT2D eigenvalue weighted by molar-refractivity contribution is 5.49. The summed E-state index contributed by atoms with van der Waals surface area (Å²) in [6.07, 6.45) is 0. The first-order valence-corrected chi connectivity index (χ1v) is 5.68. The number of rotatable bonds is 2. The lowest BCUT2D eigenvalue weighted by Crippen LogP contribution is -2.37. The van der Waals surface area contributed by atoms with Gasteiger partial charge in [0.2, 0.25) is 0 Å². The fourth-order valence-corrected chi connectivity index (χ4v) is 2.35. The van der Waals surface area contributed by atoms with E-state index in [1.165, 1.54) is 11.3 Å². The molecule has 0 aliphatic carbocycles. The topological polar surface area (TPSA) is 15.3 Å². The van der Waals surface area contributed by atoms with Gasteiger partial charge >= 0.3 is 0 Å². The number of nitrogens with zero attached hydrogens (tertiary/aromatic N) is 1. The molecule has 1 aliphatic rings. The smallest absolute Gasteiger partial charge is 0.0448 e. The number of hydrogen-bond donors (Lipinski definition) is 1. The van der Waals surface area contributed by atoms with Crippen molar-refractivity contribution in [3.05, 3.63) is 29.8 Å². The van der Waals surface area contributed by atoms with Crippen LogP contribution in [-0.2, 0) is 0 Å². The Morgan fingerprint density at radius 3 is 2.73 bits per heavy atom. The van der Waals surface area contributed by atoms with Crippen molar-refractivity contribution in [3.63, 3.8) is 0 Å². The molecule has 1 N–H and O–H groups in total. The molecule has 2 rings (SSSR count). The van der Waals surface area contributed by atoms with Crippen LogP contribution in [0.3, 0.4) is 0 Å². The summed E-state index contributed by atoms with van der Waals surface area (Å²) in [6.45, 7) is 6.71. The highest BCUT2D eigenvalue weighted by Crippen LogP contribution is 2.22. The molecule has 0 amide bonds. The summed E-state index contributed by atoms with van der Waals surface area (Å²) < 4.78 is 0. The lowest BCUT2D eigenvalue weighted by molar-refractivity contribution is 0.539. The van der Waals surface area contributed by atoms with Gasteiger partial charge < -0.3 is 10.2 Å². The average Bonchev–Trinajstić information content (AvgIpc) is 2.63. The Morgan fingerprint density at radius 1 is 1.33 bits per heavy atom. The van der Waals surface area contributed by atoms with E-state index in [2.05, 4.69) is 55.4 Å². The highest BCUT2D eigenvalue weighted by atomic mass is 15.2. The molecule has 2 unspecified atom stereocenters. The molecule has 82 valence electrons. The van der Waals surface area contributed by atoms with Crippen LogP contribution in [-0.4, -0.2) is 26.2 Å². The SMILES string of the molecule is Cc1cccc(N(C)C2CNCC2C)c1. The lowest BCUT2D eigenvalue weighted by Gasteiger charge is -2.29. The van der Waals surface area contributed by atoms with Crippen molar-refractivity contribution in [3.8, 4) is 0 Å². The van der Waals surface area contributed by atoms with Crippen molar-refractivity contribution in [2.75, 3.05) is 25.0 Å². The maximum absolute atomic E-state index is 3.45. The lowest BCUT2D eigenvalue weighted by atomic mass is 10.0. The summed E-state index contributed by atoms with van der Waals surface area (Å²) in [4.78, 5) is 2.40. The Balaban J connectivity index is 2.16. The molecule has 0 spiro atoms. The number of nitrogens with one attached hydrogen (secondary N) is 1. The second-order valence-electron chi connectivity index (χ2n) is 4.65. The third kappa shape index (κ3) is 2.15. The van der Waals surface area contributed by atoms with Crippen LogP contribution in [0, 0.1) is 12.8 Å². The van der Waals surface area contributed by atoms with Gasteiger partial charge in [0.15, 0.2) is 0 Å². The minimum Gasteiger partial charge on any atom is -0.370 e. The Hall–Kier alpha value is -1.02. The second kappa shape index (κ2) is 4.23. The summed E-state index contributed by atoms with van der Waals surface area (Å²) in [7, 11) is 2.20. The Kier molecular flexibility index (Phi) is 2.96. The van der Waals surface area contributed by atoms with E-state index in [0.717, 1.165) is 19.0 Å². The molecule has 1 aromatic carbocycles. The van der Waals surface area contributed by atoms with Gasteiger partial charge in [-0.3, -0.25) is 0 Å². The number of aryl methyl sites for hydroxylation is 1. The van der Waals surface area contributed by atoms with E-state index in [9.17, 15) is 0 Å². The molecular weight excluding hydrogens is 184 g/mol. The molecule has 0 bridgehead atoms. The first kappa shape index (κ1) is 10.5. The third-order valence-corrected chi connectivity index (χ3v) is 3.38. The number of anilines is 1. The van der Waals surface area contributed by atoms with E-state index in [1.807, 2.05) is 0 Å². The van der Waals surface area contributed by atoms with Crippen LogP contribution >= 0.6 is 0 Å². The van der Waals surface area contributed by atoms with Crippen molar-refractivity contribution in [1.29, 1.82) is 0 Å². The van der Waals surface area contributed by atoms with Crippen LogP contribution in [0.2, 0.25) is 0 Å². The molecule has 1 fully saturated rings. The van der Waals surface area contributed by atoms with Gasteiger partial charge in [0.25, 0.3) is 0 Å². The number of benzene rings is 1. The summed E-state index contributed by atoms with van der Waals surface area (Å²) in [5.74, 6) is 0.732.